The van der Waals surface area contributed by atoms with Crippen LogP contribution in [0.5, 0.6) is 5.75 Å². The number of carbonyl (C=O) groups excluding carboxylic acids is 1. The second kappa shape index (κ2) is 7.73. The maximum absolute atomic E-state index is 12.8. The van der Waals surface area contributed by atoms with Crippen LogP contribution >= 0.6 is 0 Å². The maximum Gasteiger partial charge on any atom is 0.261 e. The Hall–Kier alpha value is -2.29. The monoisotopic (exact) mass is 337 g/mol. The predicted molar refractivity (Wildman–Crippen MR) is 101 cm³/mol. The molecule has 1 N–H and O–H groups in total. The Balaban J connectivity index is 1.72. The highest BCUT2D eigenvalue weighted by molar-refractivity contribution is 5.81. The van der Waals surface area contributed by atoms with Crippen molar-refractivity contribution in [2.75, 3.05) is 0 Å². The Bertz CT molecular complexity index is 753. The number of fused-ring (bicyclic) bond motifs is 1. The summed E-state index contributed by atoms with van der Waals surface area (Å²) in [6.07, 6.45) is 3.38. The zero-order chi connectivity index (χ0) is 17.8. The first-order valence-corrected chi connectivity index (χ1v) is 9.21. The SMILES string of the molecule is CC[C@@H](Oc1cccc(C)c1C)C(=O)N[C@@H]1CCCc2ccccc21. The number of amides is 1. The molecule has 2 atom stereocenters. The Kier molecular flexibility index (Phi) is 5.42. The molecule has 0 aromatic heterocycles. The highest BCUT2D eigenvalue weighted by Crippen LogP contribution is 2.30. The van der Waals surface area contributed by atoms with Crippen molar-refractivity contribution in [2.24, 2.45) is 0 Å². The Morgan fingerprint density at radius 1 is 1.20 bits per heavy atom. The van der Waals surface area contributed by atoms with E-state index in [9.17, 15) is 4.79 Å². The Morgan fingerprint density at radius 2 is 2.00 bits per heavy atom. The summed E-state index contributed by atoms with van der Waals surface area (Å²) in [7, 11) is 0. The van der Waals surface area contributed by atoms with Crippen LogP contribution in [0.3, 0.4) is 0 Å². The van der Waals surface area contributed by atoms with Gasteiger partial charge in [0.2, 0.25) is 0 Å². The molecular weight excluding hydrogens is 310 g/mol. The van der Waals surface area contributed by atoms with Crippen molar-refractivity contribution in [3.05, 3.63) is 64.7 Å². The topological polar surface area (TPSA) is 38.3 Å². The second-order valence-electron chi connectivity index (χ2n) is 6.87. The van der Waals surface area contributed by atoms with Gasteiger partial charge in [-0.05, 0) is 67.9 Å². The highest BCUT2D eigenvalue weighted by Gasteiger charge is 2.26. The van der Waals surface area contributed by atoms with E-state index < -0.39 is 6.10 Å². The van der Waals surface area contributed by atoms with Gasteiger partial charge in [-0.3, -0.25) is 4.79 Å². The van der Waals surface area contributed by atoms with E-state index in [4.69, 9.17) is 4.74 Å². The summed E-state index contributed by atoms with van der Waals surface area (Å²) in [6, 6.07) is 14.5. The number of benzene rings is 2. The van der Waals surface area contributed by atoms with E-state index in [1.54, 1.807) is 0 Å². The van der Waals surface area contributed by atoms with Gasteiger partial charge in [0.15, 0.2) is 6.10 Å². The molecule has 132 valence electrons. The summed E-state index contributed by atoms with van der Waals surface area (Å²) in [6.45, 7) is 6.08. The second-order valence-corrected chi connectivity index (χ2v) is 6.87. The van der Waals surface area contributed by atoms with Crippen molar-refractivity contribution in [3.8, 4) is 5.75 Å². The summed E-state index contributed by atoms with van der Waals surface area (Å²) in [5, 5.41) is 3.22. The van der Waals surface area contributed by atoms with Crippen molar-refractivity contribution in [2.45, 2.75) is 58.6 Å². The van der Waals surface area contributed by atoms with Crippen LogP contribution in [-0.4, -0.2) is 12.0 Å². The van der Waals surface area contributed by atoms with Crippen LogP contribution in [0.1, 0.15) is 54.5 Å². The first kappa shape index (κ1) is 17.5. The van der Waals surface area contributed by atoms with E-state index >= 15 is 0 Å². The van der Waals surface area contributed by atoms with Gasteiger partial charge < -0.3 is 10.1 Å². The Labute approximate surface area is 150 Å². The van der Waals surface area contributed by atoms with Gasteiger partial charge in [0.25, 0.3) is 5.91 Å². The fraction of sp³-hybridized carbons (Fsp3) is 0.409. The lowest BCUT2D eigenvalue weighted by Crippen LogP contribution is -2.41. The molecule has 25 heavy (non-hydrogen) atoms. The number of carbonyl (C=O) groups is 1. The summed E-state index contributed by atoms with van der Waals surface area (Å²) >= 11 is 0. The molecule has 0 fully saturated rings. The first-order valence-electron chi connectivity index (χ1n) is 9.21. The molecule has 0 aliphatic heterocycles. The molecule has 0 spiro atoms. The van der Waals surface area contributed by atoms with Crippen LogP contribution in [0.4, 0.5) is 0 Å². The largest absolute Gasteiger partial charge is 0.480 e. The average molecular weight is 337 g/mol. The third-order valence-corrected chi connectivity index (χ3v) is 5.17. The van der Waals surface area contributed by atoms with Crippen LogP contribution in [0.25, 0.3) is 0 Å². The van der Waals surface area contributed by atoms with Crippen LogP contribution in [0.15, 0.2) is 42.5 Å². The molecule has 2 aromatic rings. The van der Waals surface area contributed by atoms with Gasteiger partial charge in [-0.25, -0.2) is 0 Å². The molecule has 0 bridgehead atoms. The fourth-order valence-corrected chi connectivity index (χ4v) is 3.50. The molecule has 0 unspecified atom stereocenters. The number of nitrogens with one attached hydrogen (secondary N) is 1. The summed E-state index contributed by atoms with van der Waals surface area (Å²) in [5.41, 5.74) is 4.87. The third-order valence-electron chi connectivity index (χ3n) is 5.17. The Morgan fingerprint density at radius 3 is 2.80 bits per heavy atom. The minimum atomic E-state index is -0.463. The van der Waals surface area contributed by atoms with E-state index in [0.717, 1.165) is 30.6 Å². The number of ether oxygens (including phenoxy) is 1. The van der Waals surface area contributed by atoms with Crippen molar-refractivity contribution in [3.63, 3.8) is 0 Å². The quantitative estimate of drug-likeness (QED) is 0.862. The van der Waals surface area contributed by atoms with Crippen molar-refractivity contribution < 1.29 is 9.53 Å². The van der Waals surface area contributed by atoms with Crippen LogP contribution in [0.2, 0.25) is 0 Å². The minimum Gasteiger partial charge on any atom is -0.480 e. The number of rotatable bonds is 5. The van der Waals surface area contributed by atoms with E-state index in [0.29, 0.717) is 6.42 Å². The van der Waals surface area contributed by atoms with Crippen molar-refractivity contribution in [1.82, 2.24) is 5.32 Å². The lowest BCUT2D eigenvalue weighted by molar-refractivity contribution is -0.129. The molecule has 2 aromatic carbocycles. The van der Waals surface area contributed by atoms with E-state index in [2.05, 4.69) is 36.5 Å². The molecule has 1 amide bonds. The number of hydrogen-bond donors (Lipinski definition) is 1. The van der Waals surface area contributed by atoms with E-state index in [1.807, 2.05) is 32.0 Å². The zero-order valence-electron chi connectivity index (χ0n) is 15.3. The van der Waals surface area contributed by atoms with Crippen LogP contribution in [0, 0.1) is 13.8 Å². The van der Waals surface area contributed by atoms with Gasteiger partial charge in [-0.15, -0.1) is 0 Å². The minimum absolute atomic E-state index is 0.0230. The molecule has 1 aliphatic carbocycles. The maximum atomic E-state index is 12.8. The average Bonchev–Trinajstić information content (AvgIpc) is 2.63. The van der Waals surface area contributed by atoms with Gasteiger partial charge >= 0.3 is 0 Å². The van der Waals surface area contributed by atoms with Gasteiger partial charge in [-0.1, -0.05) is 43.3 Å². The first-order chi connectivity index (χ1) is 12.1. The molecule has 3 heteroatoms. The fourth-order valence-electron chi connectivity index (χ4n) is 3.50. The molecule has 0 saturated carbocycles. The molecule has 3 nitrogen and oxygen atoms in total. The van der Waals surface area contributed by atoms with E-state index in [1.165, 1.54) is 16.7 Å². The standard InChI is InChI=1S/C22H27NO2/c1-4-20(25-21-14-7-9-15(2)16(21)3)22(24)23-19-13-8-11-17-10-5-6-12-18(17)19/h5-7,9-10,12,14,19-20H,4,8,11,13H2,1-3H3,(H,23,24)/t19-,20-/m1/s1. The third kappa shape index (κ3) is 3.87. The van der Waals surface area contributed by atoms with Crippen LogP contribution < -0.4 is 10.1 Å². The van der Waals surface area contributed by atoms with Crippen molar-refractivity contribution >= 4 is 5.91 Å². The van der Waals surface area contributed by atoms with Gasteiger partial charge in [-0.2, -0.15) is 0 Å². The predicted octanol–water partition coefficient (Wildman–Crippen LogP) is 4.65. The summed E-state index contributed by atoms with van der Waals surface area (Å²) in [4.78, 5) is 12.8. The molecule has 0 radical (unpaired) electrons. The molecule has 0 heterocycles. The van der Waals surface area contributed by atoms with Crippen molar-refractivity contribution in [1.29, 1.82) is 0 Å². The van der Waals surface area contributed by atoms with Crippen LogP contribution in [-0.2, 0) is 11.2 Å². The molecule has 0 saturated heterocycles. The normalized spacial score (nSPS) is 17.5. The van der Waals surface area contributed by atoms with Gasteiger partial charge in [0.05, 0.1) is 6.04 Å². The lowest BCUT2D eigenvalue weighted by Gasteiger charge is -2.28. The molecular formula is C22H27NO2. The number of aryl methyl sites for hydroxylation is 2. The lowest BCUT2D eigenvalue weighted by atomic mass is 9.87. The summed E-state index contributed by atoms with van der Waals surface area (Å²) in [5.74, 6) is 0.774. The molecule has 3 rings (SSSR count). The van der Waals surface area contributed by atoms with E-state index in [-0.39, 0.29) is 11.9 Å². The summed E-state index contributed by atoms with van der Waals surface area (Å²) < 4.78 is 6.05. The molecule has 1 aliphatic rings. The smallest absolute Gasteiger partial charge is 0.261 e. The van der Waals surface area contributed by atoms with Gasteiger partial charge in [0, 0.05) is 0 Å². The van der Waals surface area contributed by atoms with Gasteiger partial charge in [0.1, 0.15) is 5.75 Å². The zero-order valence-corrected chi connectivity index (χ0v) is 15.3. The highest BCUT2D eigenvalue weighted by atomic mass is 16.5. The number of hydrogen-bond acceptors (Lipinski definition) is 2.